The Kier molecular flexibility index (Phi) is 4.59. The van der Waals surface area contributed by atoms with Gasteiger partial charge < -0.3 is 14.3 Å². The van der Waals surface area contributed by atoms with Crippen molar-refractivity contribution in [2.45, 2.75) is 19.4 Å². The number of nitrogens with zero attached hydrogens (tertiary/aromatic N) is 2. The molecule has 132 valence electrons. The van der Waals surface area contributed by atoms with Gasteiger partial charge in [0, 0.05) is 30.2 Å². The van der Waals surface area contributed by atoms with Crippen LogP contribution in [-0.2, 0) is 6.54 Å². The molecule has 0 aliphatic heterocycles. The molecule has 0 amide bonds. The van der Waals surface area contributed by atoms with E-state index < -0.39 is 0 Å². The molecule has 3 heterocycles. The zero-order valence-corrected chi connectivity index (χ0v) is 15.1. The molecule has 0 saturated carbocycles. The van der Waals surface area contributed by atoms with Crippen LogP contribution >= 0.6 is 0 Å². The Morgan fingerprint density at radius 1 is 1.08 bits per heavy atom. The lowest BCUT2D eigenvalue weighted by Crippen LogP contribution is -2.23. The maximum atomic E-state index is 5.64. The predicted molar refractivity (Wildman–Crippen MR) is 105 cm³/mol. The van der Waals surface area contributed by atoms with E-state index in [9.17, 15) is 0 Å². The molecule has 26 heavy (non-hydrogen) atoms. The highest BCUT2D eigenvalue weighted by molar-refractivity contribution is 5.87. The molecule has 0 aliphatic carbocycles. The Labute approximate surface area is 153 Å². The average molecular weight is 345 g/mol. The van der Waals surface area contributed by atoms with Gasteiger partial charge in [0.2, 0.25) is 0 Å². The van der Waals surface area contributed by atoms with Crippen molar-refractivity contribution in [1.82, 2.24) is 14.9 Å². The molecule has 4 aromatic rings. The standard InChI is InChI=1S/C22H23N3O/c1-16(17-8-4-3-5-9-17)14-25(2)15-19-18-10-6-12-23-22(18)24-21(19)20-11-7-13-26-20/h3-13,16H,14-15H2,1-2H3,(H,23,24)/t16-/m0/s1. The minimum Gasteiger partial charge on any atom is -0.463 e. The fourth-order valence-electron chi connectivity index (χ4n) is 3.56. The van der Waals surface area contributed by atoms with Gasteiger partial charge in [-0.15, -0.1) is 0 Å². The van der Waals surface area contributed by atoms with Gasteiger partial charge in [0.1, 0.15) is 11.4 Å². The number of benzene rings is 1. The molecule has 3 aromatic heterocycles. The van der Waals surface area contributed by atoms with Gasteiger partial charge >= 0.3 is 0 Å². The highest BCUT2D eigenvalue weighted by Gasteiger charge is 2.18. The summed E-state index contributed by atoms with van der Waals surface area (Å²) in [4.78, 5) is 10.3. The van der Waals surface area contributed by atoms with Gasteiger partial charge in [0.05, 0.1) is 12.0 Å². The number of aromatic amines is 1. The second-order valence-corrected chi connectivity index (χ2v) is 6.86. The van der Waals surface area contributed by atoms with E-state index in [0.29, 0.717) is 5.92 Å². The molecule has 4 nitrogen and oxygen atoms in total. The zero-order valence-electron chi connectivity index (χ0n) is 15.1. The van der Waals surface area contributed by atoms with Crippen molar-refractivity contribution < 1.29 is 4.42 Å². The van der Waals surface area contributed by atoms with Gasteiger partial charge in [-0.1, -0.05) is 37.3 Å². The van der Waals surface area contributed by atoms with Crippen LogP contribution in [0.15, 0.2) is 71.5 Å². The number of furan rings is 1. The second kappa shape index (κ2) is 7.18. The van der Waals surface area contributed by atoms with E-state index in [4.69, 9.17) is 4.42 Å². The molecule has 0 fully saturated rings. The van der Waals surface area contributed by atoms with E-state index in [1.807, 2.05) is 24.4 Å². The van der Waals surface area contributed by atoms with Crippen molar-refractivity contribution >= 4 is 11.0 Å². The Morgan fingerprint density at radius 2 is 1.92 bits per heavy atom. The van der Waals surface area contributed by atoms with Gasteiger partial charge in [-0.3, -0.25) is 0 Å². The fraction of sp³-hybridized carbons (Fsp3) is 0.227. The van der Waals surface area contributed by atoms with Crippen molar-refractivity contribution in [2.75, 3.05) is 13.6 Å². The Hall–Kier alpha value is -2.85. The highest BCUT2D eigenvalue weighted by Crippen LogP contribution is 2.31. The molecule has 0 unspecified atom stereocenters. The summed E-state index contributed by atoms with van der Waals surface area (Å²) >= 11 is 0. The van der Waals surface area contributed by atoms with E-state index in [-0.39, 0.29) is 0 Å². The van der Waals surface area contributed by atoms with Crippen LogP contribution in [0.5, 0.6) is 0 Å². The second-order valence-electron chi connectivity index (χ2n) is 6.86. The van der Waals surface area contributed by atoms with E-state index >= 15 is 0 Å². The van der Waals surface area contributed by atoms with Crippen molar-refractivity contribution in [2.24, 2.45) is 0 Å². The molecule has 0 spiro atoms. The number of likely N-dealkylation sites (N-methyl/N-ethyl adjacent to an activating group) is 1. The van der Waals surface area contributed by atoms with Crippen LogP contribution in [0.4, 0.5) is 0 Å². The minimum absolute atomic E-state index is 0.469. The molecule has 0 radical (unpaired) electrons. The summed E-state index contributed by atoms with van der Waals surface area (Å²) < 4.78 is 5.64. The first-order valence-corrected chi connectivity index (χ1v) is 8.95. The maximum Gasteiger partial charge on any atom is 0.150 e. The van der Waals surface area contributed by atoms with Crippen LogP contribution in [0.1, 0.15) is 24.0 Å². The average Bonchev–Trinajstić information content (AvgIpc) is 3.31. The maximum absolute atomic E-state index is 5.64. The number of H-pyrrole nitrogens is 1. The van der Waals surface area contributed by atoms with Gasteiger partial charge in [-0.25, -0.2) is 4.98 Å². The van der Waals surface area contributed by atoms with Gasteiger partial charge in [0.15, 0.2) is 0 Å². The third-order valence-corrected chi connectivity index (χ3v) is 4.83. The molecule has 1 aromatic carbocycles. The molecular formula is C22H23N3O. The van der Waals surface area contributed by atoms with Crippen LogP contribution in [0.25, 0.3) is 22.5 Å². The summed E-state index contributed by atoms with van der Waals surface area (Å²) in [5, 5.41) is 1.15. The molecular weight excluding hydrogens is 322 g/mol. The Morgan fingerprint density at radius 3 is 2.69 bits per heavy atom. The summed E-state index contributed by atoms with van der Waals surface area (Å²) in [5.74, 6) is 1.32. The van der Waals surface area contributed by atoms with E-state index in [1.165, 1.54) is 11.1 Å². The van der Waals surface area contributed by atoms with Crippen molar-refractivity contribution in [3.8, 4) is 11.5 Å². The van der Waals surface area contributed by atoms with Crippen LogP contribution in [0, 0.1) is 0 Å². The molecule has 4 rings (SSSR count). The van der Waals surface area contributed by atoms with Crippen molar-refractivity contribution in [3.63, 3.8) is 0 Å². The smallest absolute Gasteiger partial charge is 0.150 e. The van der Waals surface area contributed by atoms with Crippen molar-refractivity contribution in [1.29, 1.82) is 0 Å². The van der Waals surface area contributed by atoms with E-state index in [1.54, 1.807) is 6.26 Å². The molecule has 4 heteroatoms. The van der Waals surface area contributed by atoms with Gasteiger partial charge in [-0.05, 0) is 42.8 Å². The Balaban J connectivity index is 1.61. The monoisotopic (exact) mass is 345 g/mol. The number of nitrogens with one attached hydrogen (secondary N) is 1. The third-order valence-electron chi connectivity index (χ3n) is 4.83. The lowest BCUT2D eigenvalue weighted by atomic mass is 10.0. The molecule has 1 N–H and O–H groups in total. The van der Waals surface area contributed by atoms with Gasteiger partial charge in [0.25, 0.3) is 0 Å². The quantitative estimate of drug-likeness (QED) is 0.531. The number of hydrogen-bond donors (Lipinski definition) is 1. The van der Waals surface area contributed by atoms with Crippen LogP contribution in [0.3, 0.4) is 0 Å². The molecule has 1 atom stereocenters. The Bertz CT molecular complexity index is 973. The van der Waals surface area contributed by atoms with E-state index in [0.717, 1.165) is 35.6 Å². The van der Waals surface area contributed by atoms with Crippen molar-refractivity contribution in [3.05, 3.63) is 78.2 Å². The topological polar surface area (TPSA) is 45.1 Å². The first-order valence-electron chi connectivity index (χ1n) is 8.95. The minimum atomic E-state index is 0.469. The third kappa shape index (κ3) is 3.28. The normalized spacial score (nSPS) is 12.7. The van der Waals surface area contributed by atoms with E-state index in [2.05, 4.69) is 65.2 Å². The predicted octanol–water partition coefficient (Wildman–Crippen LogP) is 5.06. The number of pyridine rings is 1. The lowest BCUT2D eigenvalue weighted by molar-refractivity contribution is 0.311. The number of aromatic nitrogens is 2. The summed E-state index contributed by atoms with van der Waals surface area (Å²) in [7, 11) is 2.17. The van der Waals surface area contributed by atoms with Gasteiger partial charge in [-0.2, -0.15) is 0 Å². The number of rotatable bonds is 6. The number of fused-ring (bicyclic) bond motifs is 1. The zero-order chi connectivity index (χ0) is 17.9. The largest absolute Gasteiger partial charge is 0.463 e. The molecule has 0 aliphatic rings. The lowest BCUT2D eigenvalue weighted by Gasteiger charge is -2.22. The summed E-state index contributed by atoms with van der Waals surface area (Å²) in [6.07, 6.45) is 3.52. The summed E-state index contributed by atoms with van der Waals surface area (Å²) in [6.45, 7) is 4.09. The SMILES string of the molecule is C[C@@H](CN(C)Cc1c(-c2ccco2)[nH]c2ncccc12)c1ccccc1. The molecule has 0 saturated heterocycles. The fourth-order valence-corrected chi connectivity index (χ4v) is 3.56. The molecule has 0 bridgehead atoms. The van der Waals surface area contributed by atoms with Crippen LogP contribution in [0.2, 0.25) is 0 Å². The first-order chi connectivity index (χ1) is 12.7. The number of hydrogen-bond acceptors (Lipinski definition) is 3. The first kappa shape index (κ1) is 16.6. The summed E-state index contributed by atoms with van der Waals surface area (Å²) in [5.41, 5.74) is 4.51. The summed E-state index contributed by atoms with van der Waals surface area (Å²) in [6, 6.07) is 18.7. The van der Waals surface area contributed by atoms with Crippen LogP contribution in [-0.4, -0.2) is 28.5 Å². The van der Waals surface area contributed by atoms with Crippen LogP contribution < -0.4 is 0 Å². The highest BCUT2D eigenvalue weighted by atomic mass is 16.3.